The first-order valence-electron chi connectivity index (χ1n) is 6.69. The van der Waals surface area contributed by atoms with E-state index in [9.17, 15) is 15.3 Å². The molecule has 7 heteroatoms. The number of halogens is 2. The van der Waals surface area contributed by atoms with Crippen molar-refractivity contribution in [3.8, 4) is 5.75 Å². The maximum absolute atomic E-state index is 9.91. The summed E-state index contributed by atoms with van der Waals surface area (Å²) in [6.45, 7) is 1.56. The molecule has 0 fully saturated rings. The van der Waals surface area contributed by atoms with E-state index < -0.39 is 11.6 Å². The highest BCUT2D eigenvalue weighted by Crippen LogP contribution is 2.32. The molecule has 120 valence electrons. The summed E-state index contributed by atoms with van der Waals surface area (Å²) in [7, 11) is 0. The van der Waals surface area contributed by atoms with Crippen LogP contribution in [0.3, 0.4) is 0 Å². The van der Waals surface area contributed by atoms with Gasteiger partial charge in [0, 0.05) is 6.54 Å². The van der Waals surface area contributed by atoms with E-state index in [1.54, 1.807) is 18.2 Å². The quantitative estimate of drug-likeness (QED) is 0.548. The number of aliphatic hydroxyl groups excluding tert-OH is 3. The van der Waals surface area contributed by atoms with Crippen LogP contribution in [0, 0.1) is 0 Å². The third-order valence-corrected chi connectivity index (χ3v) is 3.93. The zero-order valence-electron chi connectivity index (χ0n) is 11.9. The summed E-state index contributed by atoms with van der Waals surface area (Å²) in [5.41, 5.74) is -0.803. The lowest BCUT2D eigenvalue weighted by atomic mass is 9.98. The number of ether oxygens (including phenoxy) is 1. The van der Waals surface area contributed by atoms with E-state index in [0.717, 1.165) is 0 Å². The number of rotatable bonds is 9. The number of hydrogen-bond donors (Lipinski definition) is 4. The van der Waals surface area contributed by atoms with Crippen LogP contribution in [0.25, 0.3) is 0 Å². The van der Waals surface area contributed by atoms with Gasteiger partial charge in [0.2, 0.25) is 0 Å². The van der Waals surface area contributed by atoms with Crippen LogP contribution in [0.5, 0.6) is 5.75 Å². The van der Waals surface area contributed by atoms with Gasteiger partial charge in [0.1, 0.15) is 12.7 Å². The maximum Gasteiger partial charge on any atom is 0.156 e. The van der Waals surface area contributed by atoms with Gasteiger partial charge in [-0.05, 0) is 18.6 Å². The molecule has 1 atom stereocenters. The average Bonchev–Trinajstić information content (AvgIpc) is 2.49. The predicted octanol–water partition coefficient (Wildman–Crippen LogP) is 1.46. The van der Waals surface area contributed by atoms with Crippen molar-refractivity contribution < 1.29 is 20.1 Å². The van der Waals surface area contributed by atoms with Crippen LogP contribution in [0.15, 0.2) is 18.2 Å². The van der Waals surface area contributed by atoms with Crippen molar-refractivity contribution in [2.24, 2.45) is 0 Å². The first-order valence-corrected chi connectivity index (χ1v) is 7.45. The Labute approximate surface area is 134 Å². The lowest BCUT2D eigenvalue weighted by molar-refractivity contribution is 0.0569. The van der Waals surface area contributed by atoms with E-state index in [4.69, 9.17) is 27.9 Å². The molecular weight excluding hydrogens is 317 g/mol. The summed E-state index contributed by atoms with van der Waals surface area (Å²) in [4.78, 5) is 0. The molecule has 1 rings (SSSR count). The molecule has 0 saturated heterocycles. The number of hydrogen-bond acceptors (Lipinski definition) is 5. The molecule has 0 bridgehead atoms. The van der Waals surface area contributed by atoms with Crippen molar-refractivity contribution in [1.82, 2.24) is 5.32 Å². The minimum absolute atomic E-state index is 0.00684. The van der Waals surface area contributed by atoms with Gasteiger partial charge >= 0.3 is 0 Å². The van der Waals surface area contributed by atoms with E-state index in [0.29, 0.717) is 22.2 Å². The average molecular weight is 338 g/mol. The van der Waals surface area contributed by atoms with Crippen molar-refractivity contribution in [3.63, 3.8) is 0 Å². The second-order valence-corrected chi connectivity index (χ2v) is 5.66. The lowest BCUT2D eigenvalue weighted by Crippen LogP contribution is -2.54. The molecule has 1 aromatic carbocycles. The molecule has 0 radical (unpaired) electrons. The summed E-state index contributed by atoms with van der Waals surface area (Å²) >= 11 is 11.9. The van der Waals surface area contributed by atoms with Gasteiger partial charge in [0.05, 0.1) is 28.8 Å². The van der Waals surface area contributed by atoms with Gasteiger partial charge in [-0.2, -0.15) is 0 Å². The zero-order valence-corrected chi connectivity index (χ0v) is 13.4. The van der Waals surface area contributed by atoms with E-state index in [2.05, 4.69) is 5.32 Å². The van der Waals surface area contributed by atoms with Crippen molar-refractivity contribution in [1.29, 1.82) is 0 Å². The van der Waals surface area contributed by atoms with E-state index in [-0.39, 0.29) is 26.4 Å². The van der Waals surface area contributed by atoms with Gasteiger partial charge in [0.15, 0.2) is 5.75 Å². The van der Waals surface area contributed by atoms with Crippen molar-refractivity contribution in [2.75, 3.05) is 26.4 Å². The highest BCUT2D eigenvalue weighted by molar-refractivity contribution is 6.37. The van der Waals surface area contributed by atoms with Crippen LogP contribution in [0.1, 0.15) is 13.3 Å². The number of nitrogens with one attached hydrogen (secondary N) is 1. The van der Waals surface area contributed by atoms with Gasteiger partial charge in [0.25, 0.3) is 0 Å². The number of aliphatic hydroxyl groups is 3. The van der Waals surface area contributed by atoms with E-state index >= 15 is 0 Å². The van der Waals surface area contributed by atoms with Gasteiger partial charge in [-0.25, -0.2) is 0 Å². The Kier molecular flexibility index (Phi) is 7.73. The van der Waals surface area contributed by atoms with Gasteiger partial charge in [-0.3, -0.25) is 0 Å². The summed E-state index contributed by atoms with van der Waals surface area (Å²) in [5, 5.41) is 32.2. The topological polar surface area (TPSA) is 82.0 Å². The maximum atomic E-state index is 9.91. The molecule has 0 aromatic heterocycles. The highest BCUT2D eigenvalue weighted by atomic mass is 35.5. The Hall–Kier alpha value is -0.560. The minimum Gasteiger partial charge on any atom is -0.488 e. The second kappa shape index (κ2) is 8.78. The van der Waals surface area contributed by atoms with Gasteiger partial charge in [-0.15, -0.1) is 0 Å². The third kappa shape index (κ3) is 5.29. The molecule has 0 heterocycles. The molecule has 1 aromatic rings. The van der Waals surface area contributed by atoms with Crippen molar-refractivity contribution in [2.45, 2.75) is 25.0 Å². The first-order chi connectivity index (χ1) is 9.98. The molecule has 0 spiro atoms. The second-order valence-electron chi connectivity index (χ2n) is 4.85. The van der Waals surface area contributed by atoms with Crippen LogP contribution in [0.2, 0.25) is 10.0 Å². The van der Waals surface area contributed by atoms with E-state index in [1.165, 1.54) is 0 Å². The monoisotopic (exact) mass is 337 g/mol. The molecule has 0 unspecified atom stereocenters. The molecule has 0 aliphatic rings. The molecule has 0 aliphatic carbocycles. The SMILES string of the molecule is CCC(CO)(CO)NC[C@@H](O)COc1c(Cl)cccc1Cl. The fourth-order valence-electron chi connectivity index (χ4n) is 1.70. The predicted molar refractivity (Wildman–Crippen MR) is 83.2 cm³/mol. The Bertz CT molecular complexity index is 412. The van der Waals surface area contributed by atoms with Gasteiger partial charge < -0.3 is 25.4 Å². The van der Waals surface area contributed by atoms with Crippen LogP contribution in [-0.4, -0.2) is 53.3 Å². The molecule has 4 N–H and O–H groups in total. The minimum atomic E-state index is -0.832. The lowest BCUT2D eigenvalue weighted by Gasteiger charge is -2.31. The fraction of sp³-hybridized carbons (Fsp3) is 0.571. The molecule has 21 heavy (non-hydrogen) atoms. The molecule has 0 amide bonds. The summed E-state index contributed by atoms with van der Waals surface area (Å²) in [5.74, 6) is 0.325. The zero-order chi connectivity index (χ0) is 15.9. The Balaban J connectivity index is 2.49. The van der Waals surface area contributed by atoms with Crippen LogP contribution in [0.4, 0.5) is 0 Å². The van der Waals surface area contributed by atoms with Crippen LogP contribution >= 0.6 is 23.2 Å². The molecular formula is C14H21Cl2NO4. The van der Waals surface area contributed by atoms with Gasteiger partial charge in [-0.1, -0.05) is 36.2 Å². The Morgan fingerprint density at radius 3 is 2.29 bits per heavy atom. The summed E-state index contributed by atoms with van der Waals surface area (Å²) < 4.78 is 5.42. The standard InChI is InChI=1S/C14H21Cl2NO4/c1-2-14(8-18,9-19)17-6-10(20)7-21-13-11(15)4-3-5-12(13)16/h3-5,10,17-20H,2,6-9H2,1H3/t10-/m1/s1. The van der Waals surface area contributed by atoms with E-state index in [1.807, 2.05) is 6.92 Å². The molecule has 5 nitrogen and oxygen atoms in total. The van der Waals surface area contributed by atoms with Crippen LogP contribution in [-0.2, 0) is 0 Å². The largest absolute Gasteiger partial charge is 0.488 e. The molecule has 0 aliphatic heterocycles. The van der Waals surface area contributed by atoms with Crippen molar-refractivity contribution in [3.05, 3.63) is 28.2 Å². The normalized spacial score (nSPS) is 13.2. The third-order valence-electron chi connectivity index (χ3n) is 3.33. The number of para-hydroxylation sites is 1. The van der Waals surface area contributed by atoms with Crippen molar-refractivity contribution >= 4 is 23.2 Å². The first kappa shape index (κ1) is 18.5. The van der Waals surface area contributed by atoms with Crippen LogP contribution < -0.4 is 10.1 Å². The Morgan fingerprint density at radius 1 is 1.24 bits per heavy atom. The Morgan fingerprint density at radius 2 is 1.81 bits per heavy atom. The molecule has 0 saturated carbocycles. The fourth-order valence-corrected chi connectivity index (χ4v) is 2.21. The number of benzene rings is 1. The summed E-state index contributed by atoms with van der Waals surface area (Å²) in [6.07, 6.45) is -0.300. The highest BCUT2D eigenvalue weighted by Gasteiger charge is 2.26. The smallest absolute Gasteiger partial charge is 0.156 e. The summed E-state index contributed by atoms with van der Waals surface area (Å²) in [6, 6.07) is 4.99. The number of β-amino-alcohol motifs (C(OH)–C–C–N with tert-alkyl or cyclic N) is 1.